The topological polar surface area (TPSA) is 95.9 Å². The number of hydrogen-bond donors (Lipinski definition) is 3. The van der Waals surface area contributed by atoms with E-state index in [1.165, 1.54) is 321 Å². The molecule has 0 heterocycles. The fourth-order valence-electron chi connectivity index (χ4n) is 11.6. The average molecular weight is 1140 g/mol. The number of aliphatic hydroxyl groups excluding tert-OH is 2. The molecule has 0 bridgehead atoms. The van der Waals surface area contributed by atoms with Gasteiger partial charge in [0.1, 0.15) is 0 Å². The maximum atomic E-state index is 12.5. The van der Waals surface area contributed by atoms with Gasteiger partial charge < -0.3 is 20.3 Å². The van der Waals surface area contributed by atoms with Crippen LogP contribution in [0.2, 0.25) is 0 Å². The van der Waals surface area contributed by atoms with E-state index in [0.29, 0.717) is 25.9 Å². The summed E-state index contributed by atoms with van der Waals surface area (Å²) in [6.45, 7) is 4.96. The summed E-state index contributed by atoms with van der Waals surface area (Å²) < 4.78 is 5.50. The highest BCUT2D eigenvalue weighted by atomic mass is 16.5. The van der Waals surface area contributed by atoms with E-state index in [2.05, 4.69) is 55.6 Å². The lowest BCUT2D eigenvalue weighted by molar-refractivity contribution is -0.143. The molecule has 0 aromatic heterocycles. The number of carbonyl (C=O) groups excluding carboxylic acids is 2. The molecule has 0 spiro atoms. The smallest absolute Gasteiger partial charge is 0.305 e. The minimum Gasteiger partial charge on any atom is -0.466 e. The zero-order valence-corrected chi connectivity index (χ0v) is 54.8. The van der Waals surface area contributed by atoms with Gasteiger partial charge in [-0.15, -0.1) is 0 Å². The van der Waals surface area contributed by atoms with Gasteiger partial charge in [0.2, 0.25) is 5.91 Å². The summed E-state index contributed by atoms with van der Waals surface area (Å²) >= 11 is 0. The lowest BCUT2D eigenvalue weighted by Gasteiger charge is -2.22. The van der Waals surface area contributed by atoms with E-state index in [1.54, 1.807) is 0 Å². The average Bonchev–Trinajstić information content (AvgIpc) is 3.47. The summed E-state index contributed by atoms with van der Waals surface area (Å²) in [6.07, 6.45) is 90.7. The summed E-state index contributed by atoms with van der Waals surface area (Å²) in [6, 6.07) is -0.538. The summed E-state index contributed by atoms with van der Waals surface area (Å²) in [4.78, 5) is 24.6. The molecule has 0 aliphatic carbocycles. The van der Waals surface area contributed by atoms with E-state index in [9.17, 15) is 19.8 Å². The van der Waals surface area contributed by atoms with Crippen LogP contribution in [0.25, 0.3) is 0 Å². The van der Waals surface area contributed by atoms with Gasteiger partial charge in [-0.2, -0.15) is 0 Å². The lowest BCUT2D eigenvalue weighted by atomic mass is 10.0. The van der Waals surface area contributed by atoms with Gasteiger partial charge in [-0.1, -0.05) is 346 Å². The van der Waals surface area contributed by atoms with Crippen molar-refractivity contribution >= 4 is 11.9 Å². The summed E-state index contributed by atoms with van der Waals surface area (Å²) in [5.74, 6) is -0.0182. The molecular formula is C75H143NO5. The first-order valence-electron chi connectivity index (χ1n) is 36.7. The van der Waals surface area contributed by atoms with Crippen LogP contribution in [0.5, 0.6) is 0 Å². The second-order valence-electron chi connectivity index (χ2n) is 25.3. The van der Waals surface area contributed by atoms with E-state index in [4.69, 9.17) is 4.74 Å². The highest BCUT2D eigenvalue weighted by Gasteiger charge is 2.20. The van der Waals surface area contributed by atoms with Crippen molar-refractivity contribution in [3.8, 4) is 0 Å². The molecule has 2 unspecified atom stereocenters. The van der Waals surface area contributed by atoms with Crippen molar-refractivity contribution in [2.75, 3.05) is 13.2 Å². The minimum atomic E-state index is -0.661. The molecular weight excluding hydrogens is 995 g/mol. The molecule has 81 heavy (non-hydrogen) atoms. The number of rotatable bonds is 69. The molecule has 6 heteroatoms. The summed E-state index contributed by atoms with van der Waals surface area (Å²) in [5.41, 5.74) is 0. The number of ether oxygens (including phenoxy) is 1. The normalized spacial score (nSPS) is 12.7. The van der Waals surface area contributed by atoms with Gasteiger partial charge in [0.15, 0.2) is 0 Å². The van der Waals surface area contributed by atoms with Gasteiger partial charge in [-0.05, 0) is 83.5 Å². The van der Waals surface area contributed by atoms with Crippen LogP contribution in [0, 0.1) is 0 Å². The second kappa shape index (κ2) is 70.6. The van der Waals surface area contributed by atoms with Crippen molar-refractivity contribution in [2.24, 2.45) is 0 Å². The van der Waals surface area contributed by atoms with E-state index >= 15 is 0 Å². The molecule has 2 atom stereocenters. The number of nitrogens with one attached hydrogen (secondary N) is 1. The molecule has 0 rings (SSSR count). The first kappa shape index (κ1) is 79.1. The van der Waals surface area contributed by atoms with Crippen molar-refractivity contribution in [1.29, 1.82) is 0 Å². The SMILES string of the molecule is CCCCCC/C=C\C/C=C\CCCCCCCCCC(=O)OCCCCCCCCCCCCCC/C=C\CCCCCCCCCCCCCCCCCCCC(=O)NC(CO)C(O)CCCCCCCCCCCCCCC. The molecule has 0 aromatic carbocycles. The molecule has 0 fully saturated rings. The summed E-state index contributed by atoms with van der Waals surface area (Å²) in [7, 11) is 0. The molecule has 6 nitrogen and oxygen atoms in total. The van der Waals surface area contributed by atoms with Gasteiger partial charge in [0.05, 0.1) is 25.4 Å². The van der Waals surface area contributed by atoms with Crippen molar-refractivity contribution in [3.05, 3.63) is 36.5 Å². The number of esters is 1. The van der Waals surface area contributed by atoms with Crippen LogP contribution in [0.3, 0.4) is 0 Å². The van der Waals surface area contributed by atoms with Crippen molar-refractivity contribution in [1.82, 2.24) is 5.32 Å². The molecule has 0 radical (unpaired) electrons. The molecule has 1 amide bonds. The number of unbranched alkanes of at least 4 members (excludes halogenated alkanes) is 52. The fourth-order valence-corrected chi connectivity index (χ4v) is 11.6. The van der Waals surface area contributed by atoms with Crippen LogP contribution < -0.4 is 5.32 Å². The Kier molecular flexibility index (Phi) is 68.9. The van der Waals surface area contributed by atoms with Gasteiger partial charge >= 0.3 is 5.97 Å². The zero-order valence-electron chi connectivity index (χ0n) is 54.8. The standard InChI is InChI=1S/C75H143NO5/c1-3-5-7-9-11-13-15-17-18-19-38-41-45-49-53-57-61-65-69-75(80)81-70-66-62-58-54-50-46-42-39-36-34-32-30-28-26-24-22-20-21-23-25-27-29-31-33-35-37-40-44-48-52-56-60-64-68-74(79)76-72(71-77)73(78)67-63-59-55-51-47-43-16-14-12-10-8-6-4-2/h13,15,18-19,24,26,72-73,77-78H,3-12,14,16-17,20-23,25,27-71H2,1-2H3,(H,76,79)/b15-13-,19-18-,26-24-. The predicted octanol–water partition coefficient (Wildman–Crippen LogP) is 23.9. The molecule has 0 saturated carbocycles. The van der Waals surface area contributed by atoms with Gasteiger partial charge in [-0.25, -0.2) is 0 Å². The maximum absolute atomic E-state index is 12.5. The Morgan fingerprint density at radius 1 is 0.346 bits per heavy atom. The summed E-state index contributed by atoms with van der Waals surface area (Å²) in [5, 5.41) is 23.3. The number of amides is 1. The Balaban J connectivity index is 3.33. The first-order chi connectivity index (χ1) is 40.0. The second-order valence-corrected chi connectivity index (χ2v) is 25.3. The number of aliphatic hydroxyl groups is 2. The Bertz CT molecular complexity index is 1310. The quantitative estimate of drug-likeness (QED) is 0.0320. The van der Waals surface area contributed by atoms with Crippen LogP contribution in [-0.4, -0.2) is 47.4 Å². The Morgan fingerprint density at radius 2 is 0.617 bits per heavy atom. The monoisotopic (exact) mass is 1140 g/mol. The Hall–Kier alpha value is -1.92. The van der Waals surface area contributed by atoms with E-state index in [1.807, 2.05) is 0 Å². The molecule has 478 valence electrons. The van der Waals surface area contributed by atoms with Crippen molar-refractivity contribution in [2.45, 2.75) is 418 Å². The van der Waals surface area contributed by atoms with Gasteiger partial charge in [0, 0.05) is 12.8 Å². The minimum absolute atomic E-state index is 0.0118. The van der Waals surface area contributed by atoms with Crippen molar-refractivity contribution in [3.63, 3.8) is 0 Å². The van der Waals surface area contributed by atoms with Crippen LogP contribution >= 0.6 is 0 Å². The fraction of sp³-hybridized carbons (Fsp3) is 0.893. The zero-order chi connectivity index (χ0) is 58.5. The molecule has 0 aromatic rings. The number of carbonyl (C=O) groups is 2. The first-order valence-corrected chi connectivity index (χ1v) is 36.7. The van der Waals surface area contributed by atoms with Crippen molar-refractivity contribution < 1.29 is 24.5 Å². The highest BCUT2D eigenvalue weighted by Crippen LogP contribution is 2.19. The molecule has 0 saturated heterocycles. The van der Waals surface area contributed by atoms with Crippen LogP contribution in [0.1, 0.15) is 406 Å². The van der Waals surface area contributed by atoms with Crippen LogP contribution in [0.4, 0.5) is 0 Å². The number of hydrogen-bond acceptors (Lipinski definition) is 5. The third-order valence-corrected chi connectivity index (χ3v) is 17.2. The number of allylic oxidation sites excluding steroid dienone is 6. The molecule has 0 aliphatic heterocycles. The maximum Gasteiger partial charge on any atom is 0.305 e. The van der Waals surface area contributed by atoms with E-state index in [-0.39, 0.29) is 18.5 Å². The highest BCUT2D eigenvalue weighted by molar-refractivity contribution is 5.76. The predicted molar refractivity (Wildman–Crippen MR) is 356 cm³/mol. The Labute approximate surface area is 506 Å². The Morgan fingerprint density at radius 3 is 0.963 bits per heavy atom. The van der Waals surface area contributed by atoms with Gasteiger partial charge in [-0.3, -0.25) is 9.59 Å². The molecule has 3 N–H and O–H groups in total. The van der Waals surface area contributed by atoms with E-state index < -0.39 is 12.1 Å². The van der Waals surface area contributed by atoms with Gasteiger partial charge in [0.25, 0.3) is 0 Å². The van der Waals surface area contributed by atoms with Crippen LogP contribution in [0.15, 0.2) is 36.5 Å². The van der Waals surface area contributed by atoms with E-state index in [0.717, 1.165) is 51.4 Å². The third kappa shape index (κ3) is 67.1. The largest absolute Gasteiger partial charge is 0.466 e. The van der Waals surface area contributed by atoms with Crippen LogP contribution in [-0.2, 0) is 14.3 Å². The third-order valence-electron chi connectivity index (χ3n) is 17.2. The lowest BCUT2D eigenvalue weighted by Crippen LogP contribution is -2.45. The molecule has 0 aliphatic rings.